The van der Waals surface area contributed by atoms with E-state index in [9.17, 15) is 4.79 Å². The number of hydrogen-bond donors (Lipinski definition) is 1. The van der Waals surface area contributed by atoms with Gasteiger partial charge in [0.2, 0.25) is 0 Å². The Kier molecular flexibility index (Phi) is 2.81. The fourth-order valence-corrected chi connectivity index (χ4v) is 1.80. The lowest BCUT2D eigenvalue weighted by molar-refractivity contribution is 0.0687. The van der Waals surface area contributed by atoms with Crippen LogP contribution in [0.25, 0.3) is 0 Å². The molecule has 1 aliphatic carbocycles. The van der Waals surface area contributed by atoms with Crippen molar-refractivity contribution in [2.45, 2.75) is 24.0 Å². The fraction of sp³-hybridized carbons (Fsp3) is 0.400. The van der Waals surface area contributed by atoms with Crippen LogP contribution < -0.4 is 4.74 Å². The van der Waals surface area contributed by atoms with Gasteiger partial charge in [-0.15, -0.1) is 11.8 Å². The smallest absolute Gasteiger partial charge is 0.342 e. The summed E-state index contributed by atoms with van der Waals surface area (Å²) in [5.41, 5.74) is 0.178. The van der Waals surface area contributed by atoms with Crippen molar-refractivity contribution in [2.75, 3.05) is 6.26 Å². The quantitative estimate of drug-likeness (QED) is 0.794. The van der Waals surface area contributed by atoms with E-state index in [4.69, 9.17) is 9.84 Å². The number of pyridine rings is 1. The second-order valence-corrected chi connectivity index (χ2v) is 4.11. The first-order chi connectivity index (χ1) is 7.22. The first-order valence-corrected chi connectivity index (χ1v) is 5.87. The van der Waals surface area contributed by atoms with Gasteiger partial charge in [0.15, 0.2) is 0 Å². The largest absolute Gasteiger partial charge is 0.489 e. The average Bonchev–Trinajstić information content (AvgIpc) is 3.01. The van der Waals surface area contributed by atoms with Crippen molar-refractivity contribution in [1.29, 1.82) is 0 Å². The van der Waals surface area contributed by atoms with Gasteiger partial charge in [0.25, 0.3) is 0 Å². The van der Waals surface area contributed by atoms with E-state index in [0.29, 0.717) is 10.8 Å². The first-order valence-electron chi connectivity index (χ1n) is 4.65. The number of aromatic nitrogens is 1. The Hall–Kier alpha value is -1.23. The molecule has 0 atom stereocenters. The van der Waals surface area contributed by atoms with E-state index in [2.05, 4.69) is 4.98 Å². The molecule has 0 aliphatic heterocycles. The van der Waals surface area contributed by atoms with Crippen molar-refractivity contribution < 1.29 is 14.6 Å². The van der Waals surface area contributed by atoms with E-state index in [1.807, 2.05) is 0 Å². The number of rotatable bonds is 4. The molecule has 0 unspecified atom stereocenters. The minimum atomic E-state index is -0.983. The minimum absolute atomic E-state index is 0.178. The van der Waals surface area contributed by atoms with Crippen LogP contribution in [0, 0.1) is 0 Å². The summed E-state index contributed by atoms with van der Waals surface area (Å²) < 4.78 is 5.53. The number of ether oxygens (including phenoxy) is 1. The van der Waals surface area contributed by atoms with Gasteiger partial charge in [-0.05, 0) is 25.2 Å². The third-order valence-electron chi connectivity index (χ3n) is 2.10. The number of thioether (sulfide) groups is 1. The Morgan fingerprint density at radius 3 is 2.93 bits per heavy atom. The van der Waals surface area contributed by atoms with Crippen LogP contribution in [0.2, 0.25) is 0 Å². The topological polar surface area (TPSA) is 59.4 Å². The molecule has 0 amide bonds. The van der Waals surface area contributed by atoms with Crippen molar-refractivity contribution in [3.63, 3.8) is 0 Å². The molecular weight excluding hydrogens is 214 g/mol. The van der Waals surface area contributed by atoms with Crippen molar-refractivity contribution in [2.24, 2.45) is 0 Å². The lowest BCUT2D eigenvalue weighted by Crippen LogP contribution is -2.07. The van der Waals surface area contributed by atoms with Crippen LogP contribution in [0.15, 0.2) is 17.3 Å². The Bertz CT molecular complexity index is 390. The van der Waals surface area contributed by atoms with Crippen LogP contribution in [0.3, 0.4) is 0 Å². The SMILES string of the molecule is CSc1nccc(OC2CC2)c1C(=O)O. The van der Waals surface area contributed by atoms with E-state index in [1.54, 1.807) is 18.5 Å². The molecule has 80 valence electrons. The highest BCUT2D eigenvalue weighted by atomic mass is 32.2. The summed E-state index contributed by atoms with van der Waals surface area (Å²) in [4.78, 5) is 15.1. The number of carboxylic acids is 1. The van der Waals surface area contributed by atoms with E-state index in [-0.39, 0.29) is 11.7 Å². The van der Waals surface area contributed by atoms with E-state index in [0.717, 1.165) is 12.8 Å². The lowest BCUT2D eigenvalue weighted by Gasteiger charge is -2.09. The van der Waals surface area contributed by atoms with Crippen LogP contribution in [0.5, 0.6) is 5.75 Å². The van der Waals surface area contributed by atoms with Gasteiger partial charge in [-0.3, -0.25) is 0 Å². The predicted molar refractivity (Wildman–Crippen MR) is 56.6 cm³/mol. The molecule has 0 aromatic carbocycles. The molecule has 0 spiro atoms. The number of carbonyl (C=O) groups is 1. The summed E-state index contributed by atoms with van der Waals surface area (Å²) in [6.07, 6.45) is 5.60. The molecule has 1 aliphatic rings. The third-order valence-corrected chi connectivity index (χ3v) is 2.80. The fourth-order valence-electron chi connectivity index (χ4n) is 1.24. The Labute approximate surface area is 91.7 Å². The lowest BCUT2D eigenvalue weighted by atomic mass is 10.2. The number of nitrogens with zero attached hydrogens (tertiary/aromatic N) is 1. The first kappa shape index (κ1) is 10.3. The summed E-state index contributed by atoms with van der Waals surface area (Å²) in [7, 11) is 0. The Balaban J connectivity index is 2.37. The molecule has 0 saturated heterocycles. The van der Waals surface area contributed by atoms with Gasteiger partial charge in [0.1, 0.15) is 16.3 Å². The number of aromatic carboxylic acids is 1. The van der Waals surface area contributed by atoms with Gasteiger partial charge < -0.3 is 9.84 Å². The molecule has 1 aromatic rings. The average molecular weight is 225 g/mol. The highest BCUT2D eigenvalue weighted by Crippen LogP contribution is 2.32. The molecule has 0 bridgehead atoms. The van der Waals surface area contributed by atoms with E-state index < -0.39 is 5.97 Å². The maximum Gasteiger partial charge on any atom is 0.342 e. The predicted octanol–water partition coefficient (Wildman–Crippen LogP) is 2.04. The molecule has 1 heterocycles. The van der Waals surface area contributed by atoms with Crippen LogP contribution in [-0.4, -0.2) is 28.4 Å². The highest BCUT2D eigenvalue weighted by molar-refractivity contribution is 7.98. The summed E-state index contributed by atoms with van der Waals surface area (Å²) in [6.45, 7) is 0. The third kappa shape index (κ3) is 2.23. The van der Waals surface area contributed by atoms with E-state index >= 15 is 0 Å². The summed E-state index contributed by atoms with van der Waals surface area (Å²) >= 11 is 1.31. The Morgan fingerprint density at radius 2 is 2.40 bits per heavy atom. The van der Waals surface area contributed by atoms with Crippen molar-refractivity contribution in [1.82, 2.24) is 4.98 Å². The van der Waals surface area contributed by atoms with Crippen molar-refractivity contribution in [3.05, 3.63) is 17.8 Å². The molecular formula is C10H11NO3S. The van der Waals surface area contributed by atoms with Crippen LogP contribution in [0.1, 0.15) is 23.2 Å². The van der Waals surface area contributed by atoms with Gasteiger partial charge >= 0.3 is 5.97 Å². The maximum absolute atomic E-state index is 11.1. The molecule has 1 aromatic heterocycles. The number of carboxylic acid groups (broad SMARTS) is 1. The highest BCUT2D eigenvalue weighted by Gasteiger charge is 2.27. The zero-order chi connectivity index (χ0) is 10.8. The zero-order valence-electron chi connectivity index (χ0n) is 8.27. The molecule has 4 nitrogen and oxygen atoms in total. The molecule has 2 rings (SSSR count). The second-order valence-electron chi connectivity index (χ2n) is 3.32. The summed E-state index contributed by atoms with van der Waals surface area (Å²) in [6, 6.07) is 1.61. The normalized spacial score (nSPS) is 15.0. The van der Waals surface area contributed by atoms with Crippen LogP contribution >= 0.6 is 11.8 Å². The second kappa shape index (κ2) is 4.10. The van der Waals surface area contributed by atoms with Gasteiger partial charge in [-0.1, -0.05) is 0 Å². The standard InChI is InChI=1S/C10H11NO3S/c1-15-9-8(10(12)13)7(4-5-11-9)14-6-2-3-6/h4-6H,2-3H2,1H3,(H,12,13). The van der Waals surface area contributed by atoms with Crippen LogP contribution in [-0.2, 0) is 0 Å². The van der Waals surface area contributed by atoms with Crippen molar-refractivity contribution in [3.8, 4) is 5.75 Å². The minimum Gasteiger partial charge on any atom is -0.489 e. The maximum atomic E-state index is 11.1. The molecule has 1 N–H and O–H groups in total. The monoisotopic (exact) mass is 225 g/mol. The molecule has 5 heteroatoms. The molecule has 0 radical (unpaired) electrons. The Morgan fingerprint density at radius 1 is 1.67 bits per heavy atom. The zero-order valence-corrected chi connectivity index (χ0v) is 9.08. The summed E-state index contributed by atoms with van der Waals surface area (Å²) in [5.74, 6) is -0.549. The van der Waals surface area contributed by atoms with Gasteiger partial charge in [0.05, 0.1) is 6.10 Å². The number of hydrogen-bond acceptors (Lipinski definition) is 4. The van der Waals surface area contributed by atoms with Gasteiger partial charge in [-0.25, -0.2) is 9.78 Å². The summed E-state index contributed by atoms with van der Waals surface area (Å²) in [5, 5.41) is 9.58. The van der Waals surface area contributed by atoms with Gasteiger partial charge in [-0.2, -0.15) is 0 Å². The van der Waals surface area contributed by atoms with Gasteiger partial charge in [0, 0.05) is 6.20 Å². The van der Waals surface area contributed by atoms with Crippen LogP contribution in [0.4, 0.5) is 0 Å². The van der Waals surface area contributed by atoms with E-state index in [1.165, 1.54) is 11.8 Å². The molecule has 15 heavy (non-hydrogen) atoms. The van der Waals surface area contributed by atoms with Crippen molar-refractivity contribution >= 4 is 17.7 Å². The molecule has 1 fully saturated rings. The molecule has 1 saturated carbocycles.